The van der Waals surface area contributed by atoms with Crippen LogP contribution in [0.15, 0.2) is 30.3 Å². The molecule has 0 spiro atoms. The Bertz CT molecular complexity index is 549. The van der Waals surface area contributed by atoms with E-state index >= 15 is 0 Å². The van der Waals surface area contributed by atoms with Crippen LogP contribution in [0, 0.1) is 5.92 Å². The molecule has 0 saturated heterocycles. The summed E-state index contributed by atoms with van der Waals surface area (Å²) in [6, 6.07) is 10.6. The lowest BCUT2D eigenvalue weighted by Gasteiger charge is -2.12. The van der Waals surface area contributed by atoms with Gasteiger partial charge < -0.3 is 10.6 Å². The van der Waals surface area contributed by atoms with Gasteiger partial charge in [-0.25, -0.2) is 4.98 Å². The molecule has 1 aromatic heterocycles. The first-order valence-corrected chi connectivity index (χ1v) is 7.54. The summed E-state index contributed by atoms with van der Waals surface area (Å²) in [6.07, 6.45) is 1.10. The van der Waals surface area contributed by atoms with Crippen LogP contribution in [0.3, 0.4) is 0 Å². The van der Waals surface area contributed by atoms with Crippen molar-refractivity contribution in [3.63, 3.8) is 0 Å². The summed E-state index contributed by atoms with van der Waals surface area (Å²) in [4.78, 5) is 4.76. The van der Waals surface area contributed by atoms with E-state index in [2.05, 4.69) is 61.7 Å². The van der Waals surface area contributed by atoms with E-state index in [0.717, 1.165) is 37.6 Å². The molecule has 0 amide bonds. The van der Waals surface area contributed by atoms with Crippen LogP contribution in [0.25, 0.3) is 10.8 Å². The molecule has 0 unspecified atom stereocenters. The summed E-state index contributed by atoms with van der Waals surface area (Å²) in [5.74, 6) is 1.67. The van der Waals surface area contributed by atoms with Crippen molar-refractivity contribution in [1.29, 1.82) is 0 Å². The topological polar surface area (TPSA) is 37.0 Å². The number of aromatic nitrogens is 1. The Morgan fingerprint density at radius 1 is 1.20 bits per heavy atom. The van der Waals surface area contributed by atoms with Gasteiger partial charge in [0.1, 0.15) is 5.82 Å². The number of benzene rings is 1. The van der Waals surface area contributed by atoms with E-state index in [9.17, 15) is 0 Å². The molecule has 108 valence electrons. The fourth-order valence-electron chi connectivity index (χ4n) is 2.21. The van der Waals surface area contributed by atoms with Crippen LogP contribution in [0.1, 0.15) is 32.9 Å². The van der Waals surface area contributed by atoms with Crippen LogP contribution in [-0.4, -0.2) is 18.1 Å². The zero-order valence-electron chi connectivity index (χ0n) is 12.7. The third-order valence-electron chi connectivity index (χ3n) is 3.19. The highest BCUT2D eigenvalue weighted by Crippen LogP contribution is 2.22. The van der Waals surface area contributed by atoms with Crippen LogP contribution >= 0.6 is 0 Å². The Morgan fingerprint density at radius 2 is 2.00 bits per heavy atom. The molecule has 2 aromatic rings. The van der Waals surface area contributed by atoms with Gasteiger partial charge in [0.2, 0.25) is 0 Å². The van der Waals surface area contributed by atoms with Gasteiger partial charge in [0.25, 0.3) is 0 Å². The minimum Gasteiger partial charge on any atom is -0.370 e. The molecule has 3 heteroatoms. The summed E-state index contributed by atoms with van der Waals surface area (Å²) in [6.45, 7) is 9.41. The Kier molecular flexibility index (Phi) is 5.36. The lowest BCUT2D eigenvalue weighted by molar-refractivity contribution is 0.548. The van der Waals surface area contributed by atoms with Crippen molar-refractivity contribution >= 4 is 16.6 Å². The summed E-state index contributed by atoms with van der Waals surface area (Å²) in [5.41, 5.74) is 1.10. The summed E-state index contributed by atoms with van der Waals surface area (Å²) < 4.78 is 0. The quantitative estimate of drug-likeness (QED) is 0.804. The van der Waals surface area contributed by atoms with Crippen LogP contribution < -0.4 is 10.6 Å². The molecule has 0 aliphatic rings. The van der Waals surface area contributed by atoms with E-state index in [1.807, 2.05) is 0 Å². The number of fused-ring (bicyclic) bond motifs is 1. The summed E-state index contributed by atoms with van der Waals surface area (Å²) in [7, 11) is 0. The Morgan fingerprint density at radius 3 is 2.75 bits per heavy atom. The molecule has 20 heavy (non-hydrogen) atoms. The van der Waals surface area contributed by atoms with Gasteiger partial charge in [-0.2, -0.15) is 0 Å². The van der Waals surface area contributed by atoms with Gasteiger partial charge in [-0.05, 0) is 30.3 Å². The first-order valence-electron chi connectivity index (χ1n) is 7.54. The summed E-state index contributed by atoms with van der Waals surface area (Å²) >= 11 is 0. The van der Waals surface area contributed by atoms with E-state index in [1.54, 1.807) is 0 Å². The molecule has 0 aliphatic carbocycles. The molecule has 0 atom stereocenters. The minimum absolute atomic E-state index is 0.660. The largest absolute Gasteiger partial charge is 0.370 e. The average molecular weight is 271 g/mol. The smallest absolute Gasteiger partial charge is 0.134 e. The zero-order valence-corrected chi connectivity index (χ0v) is 12.7. The Labute approximate surface area is 121 Å². The van der Waals surface area contributed by atoms with Gasteiger partial charge in [0.05, 0.1) is 5.69 Å². The molecule has 0 radical (unpaired) electrons. The SMILES string of the molecule is CCCNc1nc(CNCC(C)C)cc2ccccc12. The highest BCUT2D eigenvalue weighted by Gasteiger charge is 2.05. The van der Waals surface area contributed by atoms with Crippen molar-refractivity contribution in [3.05, 3.63) is 36.0 Å². The van der Waals surface area contributed by atoms with Gasteiger partial charge in [-0.3, -0.25) is 0 Å². The molecule has 1 aromatic carbocycles. The number of hydrogen-bond donors (Lipinski definition) is 2. The molecule has 3 nitrogen and oxygen atoms in total. The number of nitrogens with zero attached hydrogens (tertiary/aromatic N) is 1. The zero-order chi connectivity index (χ0) is 14.4. The van der Waals surface area contributed by atoms with E-state index in [0.29, 0.717) is 5.92 Å². The average Bonchev–Trinajstić information content (AvgIpc) is 2.44. The van der Waals surface area contributed by atoms with E-state index in [-0.39, 0.29) is 0 Å². The molecule has 0 fully saturated rings. The third-order valence-corrected chi connectivity index (χ3v) is 3.19. The molecule has 0 bridgehead atoms. The first kappa shape index (κ1) is 14.8. The minimum atomic E-state index is 0.660. The van der Waals surface area contributed by atoms with Crippen LogP contribution in [0.4, 0.5) is 5.82 Å². The first-order chi connectivity index (χ1) is 9.70. The van der Waals surface area contributed by atoms with Crippen molar-refractivity contribution < 1.29 is 0 Å². The van der Waals surface area contributed by atoms with Crippen LogP contribution in [0.2, 0.25) is 0 Å². The van der Waals surface area contributed by atoms with Gasteiger partial charge in [-0.15, -0.1) is 0 Å². The van der Waals surface area contributed by atoms with E-state index in [1.165, 1.54) is 10.8 Å². The van der Waals surface area contributed by atoms with Crippen molar-refractivity contribution in [2.24, 2.45) is 5.92 Å². The molecular weight excluding hydrogens is 246 g/mol. The number of anilines is 1. The van der Waals surface area contributed by atoms with Crippen LogP contribution in [-0.2, 0) is 6.54 Å². The lowest BCUT2D eigenvalue weighted by Crippen LogP contribution is -2.20. The Balaban J connectivity index is 2.22. The van der Waals surface area contributed by atoms with Crippen LogP contribution in [0.5, 0.6) is 0 Å². The monoisotopic (exact) mass is 271 g/mol. The Hall–Kier alpha value is -1.61. The van der Waals surface area contributed by atoms with Crippen molar-refractivity contribution in [2.75, 3.05) is 18.4 Å². The maximum absolute atomic E-state index is 4.76. The van der Waals surface area contributed by atoms with Gasteiger partial charge >= 0.3 is 0 Å². The third kappa shape index (κ3) is 3.94. The number of rotatable bonds is 7. The second-order valence-corrected chi connectivity index (χ2v) is 5.63. The molecule has 0 aliphatic heterocycles. The normalized spacial score (nSPS) is 11.2. The van der Waals surface area contributed by atoms with Gasteiger partial charge in [0, 0.05) is 18.5 Å². The van der Waals surface area contributed by atoms with Crippen molar-refractivity contribution in [3.8, 4) is 0 Å². The number of hydrogen-bond acceptors (Lipinski definition) is 3. The second kappa shape index (κ2) is 7.25. The standard InChI is InChI=1S/C17H25N3/c1-4-9-19-17-16-8-6-5-7-14(16)10-15(20-17)12-18-11-13(2)3/h5-8,10,13,18H,4,9,11-12H2,1-3H3,(H,19,20). The summed E-state index contributed by atoms with van der Waals surface area (Å²) in [5, 5.41) is 9.35. The molecule has 0 saturated carbocycles. The predicted molar refractivity (Wildman–Crippen MR) is 87.1 cm³/mol. The van der Waals surface area contributed by atoms with Crippen molar-refractivity contribution in [1.82, 2.24) is 10.3 Å². The predicted octanol–water partition coefficient (Wildman–Crippen LogP) is 3.80. The fourth-order valence-corrected chi connectivity index (χ4v) is 2.21. The maximum Gasteiger partial charge on any atom is 0.134 e. The van der Waals surface area contributed by atoms with Gasteiger partial charge in [-0.1, -0.05) is 45.0 Å². The molecule has 2 N–H and O–H groups in total. The highest BCUT2D eigenvalue weighted by molar-refractivity contribution is 5.92. The number of nitrogens with one attached hydrogen (secondary N) is 2. The highest BCUT2D eigenvalue weighted by atomic mass is 15.0. The van der Waals surface area contributed by atoms with Gasteiger partial charge in [0.15, 0.2) is 0 Å². The van der Waals surface area contributed by atoms with Crippen molar-refractivity contribution in [2.45, 2.75) is 33.7 Å². The molecule has 2 rings (SSSR count). The molecular formula is C17H25N3. The van der Waals surface area contributed by atoms with E-state index < -0.39 is 0 Å². The number of pyridine rings is 1. The maximum atomic E-state index is 4.76. The molecule has 1 heterocycles. The van der Waals surface area contributed by atoms with E-state index in [4.69, 9.17) is 4.98 Å². The second-order valence-electron chi connectivity index (χ2n) is 5.63. The lowest BCUT2D eigenvalue weighted by atomic mass is 10.1. The fraction of sp³-hybridized carbons (Fsp3) is 0.471.